The Hall–Kier alpha value is -1.03. The van der Waals surface area contributed by atoms with E-state index in [1.807, 2.05) is 6.20 Å². The molecule has 1 saturated carbocycles. The molecule has 1 fully saturated rings. The van der Waals surface area contributed by atoms with Gasteiger partial charge in [0.1, 0.15) is 0 Å². The minimum atomic E-state index is 0.565. The molecular weight excluding hydrogens is 262 g/mol. The van der Waals surface area contributed by atoms with Crippen molar-refractivity contribution in [3.05, 3.63) is 11.9 Å². The monoisotopic (exact) mass is 293 g/mol. The molecule has 0 aliphatic heterocycles. The molecule has 4 heteroatoms. The number of hydrogen-bond acceptors (Lipinski definition) is 3. The summed E-state index contributed by atoms with van der Waals surface area (Å²) in [5.74, 6) is 3.03. The van der Waals surface area contributed by atoms with Crippen molar-refractivity contribution in [2.75, 3.05) is 20.2 Å². The van der Waals surface area contributed by atoms with E-state index in [1.54, 1.807) is 7.11 Å². The van der Waals surface area contributed by atoms with Gasteiger partial charge in [-0.05, 0) is 51.1 Å². The molecule has 0 aromatic carbocycles. The fourth-order valence-corrected chi connectivity index (χ4v) is 3.65. The Morgan fingerprint density at radius 1 is 1.38 bits per heavy atom. The highest BCUT2D eigenvalue weighted by molar-refractivity contribution is 5.30. The van der Waals surface area contributed by atoms with Crippen molar-refractivity contribution >= 4 is 0 Å². The molecule has 3 unspecified atom stereocenters. The molecule has 120 valence electrons. The van der Waals surface area contributed by atoms with Gasteiger partial charge in [0.15, 0.2) is 5.75 Å². The lowest BCUT2D eigenvalue weighted by Gasteiger charge is -2.35. The van der Waals surface area contributed by atoms with Gasteiger partial charge in [0, 0.05) is 12.5 Å². The van der Waals surface area contributed by atoms with Crippen molar-refractivity contribution in [3.8, 4) is 5.75 Å². The van der Waals surface area contributed by atoms with Crippen LogP contribution < -0.4 is 10.1 Å². The zero-order valence-corrected chi connectivity index (χ0v) is 14.1. The van der Waals surface area contributed by atoms with Crippen molar-refractivity contribution in [1.29, 1.82) is 0 Å². The highest BCUT2D eigenvalue weighted by Gasteiger charge is 2.33. The molecule has 0 saturated heterocycles. The fraction of sp³-hybridized carbons (Fsp3) is 0.824. The van der Waals surface area contributed by atoms with Gasteiger partial charge < -0.3 is 10.1 Å². The summed E-state index contributed by atoms with van der Waals surface area (Å²) < 4.78 is 7.72. The van der Waals surface area contributed by atoms with Crippen LogP contribution >= 0.6 is 0 Å². The second kappa shape index (κ2) is 7.83. The molecule has 1 aliphatic rings. The SMILES string of the molecule is CCCNCC1CCC(C)CC1c1c(OC)cnn1CC. The lowest BCUT2D eigenvalue weighted by atomic mass is 9.73. The number of aryl methyl sites for hydroxylation is 1. The number of aromatic nitrogens is 2. The number of ether oxygens (including phenoxy) is 1. The first-order chi connectivity index (χ1) is 10.2. The van der Waals surface area contributed by atoms with E-state index < -0.39 is 0 Å². The summed E-state index contributed by atoms with van der Waals surface area (Å²) in [4.78, 5) is 0. The van der Waals surface area contributed by atoms with Gasteiger partial charge in [-0.25, -0.2) is 0 Å². The zero-order valence-electron chi connectivity index (χ0n) is 14.1. The van der Waals surface area contributed by atoms with Crippen LogP contribution in [0.15, 0.2) is 6.20 Å². The molecule has 1 heterocycles. The zero-order chi connectivity index (χ0) is 15.2. The van der Waals surface area contributed by atoms with E-state index in [0.29, 0.717) is 11.8 Å². The maximum Gasteiger partial charge on any atom is 0.160 e. The summed E-state index contributed by atoms with van der Waals surface area (Å²) in [6.45, 7) is 9.90. The highest BCUT2D eigenvalue weighted by atomic mass is 16.5. The molecular formula is C17H31N3O. The number of hydrogen-bond donors (Lipinski definition) is 1. The Morgan fingerprint density at radius 2 is 2.19 bits per heavy atom. The van der Waals surface area contributed by atoms with Crippen LogP contribution in [0.5, 0.6) is 5.75 Å². The molecule has 21 heavy (non-hydrogen) atoms. The minimum Gasteiger partial charge on any atom is -0.493 e. The van der Waals surface area contributed by atoms with Gasteiger partial charge >= 0.3 is 0 Å². The molecule has 1 aliphatic carbocycles. The Bertz CT molecular complexity index is 408. The first-order valence-corrected chi connectivity index (χ1v) is 8.51. The third kappa shape index (κ3) is 3.79. The van der Waals surface area contributed by atoms with Crippen molar-refractivity contribution in [1.82, 2.24) is 15.1 Å². The summed E-state index contributed by atoms with van der Waals surface area (Å²) in [6.07, 6.45) is 6.98. The van der Waals surface area contributed by atoms with Gasteiger partial charge in [0.2, 0.25) is 0 Å². The van der Waals surface area contributed by atoms with E-state index >= 15 is 0 Å². The lowest BCUT2D eigenvalue weighted by Crippen LogP contribution is -2.33. The first-order valence-electron chi connectivity index (χ1n) is 8.51. The molecule has 0 spiro atoms. The lowest BCUT2D eigenvalue weighted by molar-refractivity contribution is 0.228. The quantitative estimate of drug-likeness (QED) is 0.783. The Labute approximate surface area is 129 Å². The van der Waals surface area contributed by atoms with Crippen LogP contribution in [0, 0.1) is 11.8 Å². The number of nitrogens with zero attached hydrogens (tertiary/aromatic N) is 2. The van der Waals surface area contributed by atoms with Crippen LogP contribution in [-0.2, 0) is 6.54 Å². The van der Waals surface area contributed by atoms with Crippen LogP contribution in [0.3, 0.4) is 0 Å². The molecule has 4 nitrogen and oxygen atoms in total. The maximum absolute atomic E-state index is 5.59. The largest absolute Gasteiger partial charge is 0.493 e. The summed E-state index contributed by atoms with van der Waals surface area (Å²) in [5.41, 5.74) is 1.31. The van der Waals surface area contributed by atoms with Gasteiger partial charge in [-0.1, -0.05) is 20.3 Å². The van der Waals surface area contributed by atoms with Gasteiger partial charge in [0.25, 0.3) is 0 Å². The van der Waals surface area contributed by atoms with Gasteiger partial charge in [-0.15, -0.1) is 0 Å². The Balaban J connectivity index is 2.20. The molecule has 0 radical (unpaired) electrons. The van der Waals surface area contributed by atoms with Crippen molar-refractivity contribution in [2.45, 2.75) is 58.9 Å². The molecule has 0 amide bonds. The van der Waals surface area contributed by atoms with E-state index in [-0.39, 0.29) is 0 Å². The Kier molecular flexibility index (Phi) is 6.09. The summed E-state index contributed by atoms with van der Waals surface area (Å²) in [6, 6.07) is 0. The van der Waals surface area contributed by atoms with Crippen molar-refractivity contribution < 1.29 is 4.74 Å². The third-order valence-electron chi connectivity index (χ3n) is 4.80. The number of nitrogens with one attached hydrogen (secondary N) is 1. The average molecular weight is 293 g/mol. The number of methoxy groups -OCH3 is 1. The Morgan fingerprint density at radius 3 is 2.86 bits per heavy atom. The molecule has 1 aromatic heterocycles. The van der Waals surface area contributed by atoms with Gasteiger partial charge in [-0.3, -0.25) is 4.68 Å². The van der Waals surface area contributed by atoms with E-state index in [2.05, 4.69) is 35.9 Å². The normalized spacial score (nSPS) is 26.0. The predicted molar refractivity (Wildman–Crippen MR) is 86.9 cm³/mol. The first kappa shape index (κ1) is 16.3. The summed E-state index contributed by atoms with van der Waals surface area (Å²) >= 11 is 0. The summed E-state index contributed by atoms with van der Waals surface area (Å²) in [5, 5.41) is 8.12. The smallest absolute Gasteiger partial charge is 0.160 e. The van der Waals surface area contributed by atoms with Crippen LogP contribution in [0.2, 0.25) is 0 Å². The van der Waals surface area contributed by atoms with Crippen LogP contribution in [0.4, 0.5) is 0 Å². The molecule has 1 N–H and O–H groups in total. The topological polar surface area (TPSA) is 39.1 Å². The predicted octanol–water partition coefficient (Wildman–Crippen LogP) is 3.43. The summed E-state index contributed by atoms with van der Waals surface area (Å²) in [7, 11) is 1.76. The second-order valence-electron chi connectivity index (χ2n) is 6.40. The van der Waals surface area contributed by atoms with E-state index in [1.165, 1.54) is 31.4 Å². The maximum atomic E-state index is 5.59. The molecule has 0 bridgehead atoms. The van der Waals surface area contributed by atoms with Crippen molar-refractivity contribution in [3.63, 3.8) is 0 Å². The fourth-order valence-electron chi connectivity index (χ4n) is 3.65. The van der Waals surface area contributed by atoms with Crippen LogP contribution in [-0.4, -0.2) is 30.0 Å². The average Bonchev–Trinajstić information content (AvgIpc) is 2.91. The standard InChI is InChI=1S/C17H31N3O/c1-5-9-18-11-14-8-7-13(3)10-15(14)17-16(21-4)12-19-20(17)6-2/h12-15,18H,5-11H2,1-4H3. The third-order valence-corrected chi connectivity index (χ3v) is 4.80. The van der Waals surface area contributed by atoms with Gasteiger partial charge in [0.05, 0.1) is 19.0 Å². The van der Waals surface area contributed by atoms with Crippen LogP contribution in [0.25, 0.3) is 0 Å². The second-order valence-corrected chi connectivity index (χ2v) is 6.40. The number of rotatable bonds is 7. The van der Waals surface area contributed by atoms with E-state index in [9.17, 15) is 0 Å². The highest BCUT2D eigenvalue weighted by Crippen LogP contribution is 2.43. The minimum absolute atomic E-state index is 0.565. The molecule has 1 aromatic rings. The van der Waals surface area contributed by atoms with E-state index in [0.717, 1.165) is 31.3 Å². The van der Waals surface area contributed by atoms with Gasteiger partial charge in [-0.2, -0.15) is 5.10 Å². The van der Waals surface area contributed by atoms with Crippen LogP contribution in [0.1, 0.15) is 58.1 Å². The van der Waals surface area contributed by atoms with Crippen molar-refractivity contribution in [2.24, 2.45) is 11.8 Å². The molecule has 3 atom stereocenters. The molecule has 2 rings (SSSR count). The van der Waals surface area contributed by atoms with E-state index in [4.69, 9.17) is 4.74 Å².